The van der Waals surface area contributed by atoms with Crippen LogP contribution in [0.25, 0.3) is 11.0 Å². The highest BCUT2D eigenvalue weighted by atomic mass is 79.9. The molecule has 4 aromatic rings. The fourth-order valence-electron chi connectivity index (χ4n) is 4.61. The quantitative estimate of drug-likeness (QED) is 0.229. The highest BCUT2D eigenvalue weighted by Crippen LogP contribution is 2.43. The number of anilines is 1. The largest absolute Gasteiger partial charge is 0.490 e. The van der Waals surface area contributed by atoms with Gasteiger partial charge in [0.05, 0.1) is 30.2 Å². The van der Waals surface area contributed by atoms with Crippen molar-refractivity contribution < 1.29 is 18.7 Å². The van der Waals surface area contributed by atoms with Crippen molar-refractivity contribution in [1.82, 2.24) is 0 Å². The molecule has 1 aromatic heterocycles. The average Bonchev–Trinajstić information content (AvgIpc) is 3.17. The molecule has 0 saturated carbocycles. The first-order chi connectivity index (χ1) is 17.9. The molecule has 0 aliphatic carbocycles. The van der Waals surface area contributed by atoms with Gasteiger partial charge in [0.1, 0.15) is 5.58 Å². The van der Waals surface area contributed by atoms with Crippen LogP contribution in [0.5, 0.6) is 11.5 Å². The van der Waals surface area contributed by atoms with E-state index in [9.17, 15) is 9.59 Å². The summed E-state index contributed by atoms with van der Waals surface area (Å²) in [6.45, 7) is 7.23. The number of nitrogens with zero attached hydrogens (tertiary/aromatic N) is 1. The maximum absolute atomic E-state index is 13.8. The maximum Gasteiger partial charge on any atom is 0.295 e. The highest BCUT2D eigenvalue weighted by Gasteiger charge is 2.44. The molecule has 7 heteroatoms. The van der Waals surface area contributed by atoms with Gasteiger partial charge in [-0.15, -0.1) is 0 Å². The van der Waals surface area contributed by atoms with Crippen LogP contribution >= 0.6 is 15.9 Å². The zero-order valence-corrected chi connectivity index (χ0v) is 22.6. The van der Waals surface area contributed by atoms with Gasteiger partial charge in [-0.1, -0.05) is 54.0 Å². The van der Waals surface area contributed by atoms with E-state index in [2.05, 4.69) is 29.8 Å². The maximum atomic E-state index is 13.8. The van der Waals surface area contributed by atoms with Crippen molar-refractivity contribution in [3.8, 4) is 11.5 Å². The number of para-hydroxylation sites is 1. The summed E-state index contributed by atoms with van der Waals surface area (Å²) in [5.41, 5.74) is 1.87. The number of fused-ring (bicyclic) bond motifs is 2. The van der Waals surface area contributed by atoms with Crippen LogP contribution in [0.1, 0.15) is 54.9 Å². The van der Waals surface area contributed by atoms with Crippen LogP contribution < -0.4 is 19.8 Å². The zero-order chi connectivity index (χ0) is 26.1. The zero-order valence-electron chi connectivity index (χ0n) is 21.0. The molecule has 1 unspecified atom stereocenters. The molecule has 5 rings (SSSR count). The third kappa shape index (κ3) is 4.76. The molecule has 1 atom stereocenters. The Bertz CT molecular complexity index is 1530. The molecular weight excluding hydrogens is 534 g/mol. The third-order valence-electron chi connectivity index (χ3n) is 6.40. The Morgan fingerprint density at radius 1 is 0.973 bits per heavy atom. The molecule has 1 aliphatic heterocycles. The van der Waals surface area contributed by atoms with Crippen molar-refractivity contribution in [2.24, 2.45) is 5.92 Å². The Morgan fingerprint density at radius 3 is 2.54 bits per heavy atom. The summed E-state index contributed by atoms with van der Waals surface area (Å²) in [5, 5.41) is 0.439. The van der Waals surface area contributed by atoms with Gasteiger partial charge in [0.15, 0.2) is 16.9 Å². The van der Waals surface area contributed by atoms with Crippen molar-refractivity contribution in [3.05, 3.63) is 98.3 Å². The monoisotopic (exact) mass is 561 g/mol. The van der Waals surface area contributed by atoms with Crippen molar-refractivity contribution in [2.75, 3.05) is 18.1 Å². The summed E-state index contributed by atoms with van der Waals surface area (Å²) in [6, 6.07) is 19.4. The Labute approximate surface area is 223 Å². The van der Waals surface area contributed by atoms with E-state index < -0.39 is 6.04 Å². The molecule has 0 fully saturated rings. The first kappa shape index (κ1) is 25.1. The Balaban J connectivity index is 1.68. The molecule has 37 heavy (non-hydrogen) atoms. The predicted octanol–water partition coefficient (Wildman–Crippen LogP) is 7.13. The Kier molecular flexibility index (Phi) is 7.07. The minimum absolute atomic E-state index is 0.0592. The summed E-state index contributed by atoms with van der Waals surface area (Å²) in [7, 11) is 0. The smallest absolute Gasteiger partial charge is 0.295 e. The van der Waals surface area contributed by atoms with E-state index in [1.54, 1.807) is 29.2 Å². The van der Waals surface area contributed by atoms with Gasteiger partial charge in [-0.05, 0) is 67.3 Å². The fraction of sp³-hybridized carbons (Fsp3) is 0.267. The van der Waals surface area contributed by atoms with Crippen LogP contribution in [-0.4, -0.2) is 19.1 Å². The molecule has 0 bridgehead atoms. The molecule has 2 heterocycles. The van der Waals surface area contributed by atoms with Crippen LogP contribution in [0, 0.1) is 5.92 Å². The number of benzene rings is 3. The number of carbonyl (C=O) groups excluding carboxylic acids is 1. The van der Waals surface area contributed by atoms with Gasteiger partial charge < -0.3 is 13.9 Å². The lowest BCUT2D eigenvalue weighted by atomic mass is 9.97. The van der Waals surface area contributed by atoms with Crippen molar-refractivity contribution in [1.29, 1.82) is 0 Å². The Hall–Kier alpha value is -3.58. The molecule has 6 nitrogen and oxygen atoms in total. The lowest BCUT2D eigenvalue weighted by Crippen LogP contribution is -2.29. The van der Waals surface area contributed by atoms with E-state index in [4.69, 9.17) is 13.9 Å². The van der Waals surface area contributed by atoms with Crippen molar-refractivity contribution in [2.45, 2.75) is 33.2 Å². The molecule has 1 amide bonds. The standard InChI is InChI=1S/C30H28BrNO5/c1-4-35-25-16-19(12-13-24(25)36-15-14-18(2)3)27-26-28(33)22-10-5-6-11-23(22)37-29(26)30(34)32(27)21-9-7-8-20(31)17-21/h5-13,16-18,27H,4,14-15H2,1-3H3. The van der Waals surface area contributed by atoms with E-state index in [-0.39, 0.29) is 17.1 Å². The number of ether oxygens (including phenoxy) is 2. The van der Waals surface area contributed by atoms with Gasteiger partial charge in [0.2, 0.25) is 5.76 Å². The van der Waals surface area contributed by atoms with E-state index in [0.29, 0.717) is 52.9 Å². The fourth-order valence-corrected chi connectivity index (χ4v) is 5.00. The van der Waals surface area contributed by atoms with E-state index >= 15 is 0 Å². The van der Waals surface area contributed by atoms with E-state index in [1.807, 2.05) is 49.4 Å². The third-order valence-corrected chi connectivity index (χ3v) is 6.89. The van der Waals surface area contributed by atoms with Crippen LogP contribution in [0.15, 0.2) is 80.4 Å². The van der Waals surface area contributed by atoms with E-state index in [0.717, 1.165) is 16.5 Å². The molecule has 0 saturated heterocycles. The molecule has 1 aliphatic rings. The van der Waals surface area contributed by atoms with Crippen LogP contribution in [0.4, 0.5) is 5.69 Å². The summed E-state index contributed by atoms with van der Waals surface area (Å²) < 4.78 is 18.8. The van der Waals surface area contributed by atoms with Gasteiger partial charge in [-0.3, -0.25) is 14.5 Å². The molecule has 190 valence electrons. The molecule has 0 radical (unpaired) electrons. The van der Waals surface area contributed by atoms with E-state index in [1.165, 1.54) is 0 Å². The first-order valence-electron chi connectivity index (χ1n) is 12.4. The van der Waals surface area contributed by atoms with Gasteiger partial charge in [-0.25, -0.2) is 0 Å². The normalized spacial score (nSPS) is 14.9. The molecule has 0 N–H and O–H groups in total. The number of halogens is 1. The van der Waals surface area contributed by atoms with Gasteiger partial charge in [-0.2, -0.15) is 0 Å². The SMILES string of the molecule is CCOc1cc(C2c3c(oc4ccccc4c3=O)C(=O)N2c2cccc(Br)c2)ccc1OCCC(C)C. The second-order valence-electron chi connectivity index (χ2n) is 9.40. The van der Waals surface area contributed by atoms with Gasteiger partial charge in [0, 0.05) is 10.2 Å². The number of hydrogen-bond acceptors (Lipinski definition) is 5. The van der Waals surface area contributed by atoms with Crippen molar-refractivity contribution in [3.63, 3.8) is 0 Å². The highest BCUT2D eigenvalue weighted by molar-refractivity contribution is 9.10. The van der Waals surface area contributed by atoms with Crippen LogP contribution in [0.3, 0.4) is 0 Å². The minimum atomic E-state index is -0.693. The molecular formula is C30H28BrNO5. The first-order valence-corrected chi connectivity index (χ1v) is 13.2. The lowest BCUT2D eigenvalue weighted by molar-refractivity contribution is 0.0971. The second kappa shape index (κ2) is 10.4. The molecule has 0 spiro atoms. The second-order valence-corrected chi connectivity index (χ2v) is 10.3. The average molecular weight is 562 g/mol. The Morgan fingerprint density at radius 2 is 1.78 bits per heavy atom. The van der Waals surface area contributed by atoms with Gasteiger partial charge >= 0.3 is 0 Å². The lowest BCUT2D eigenvalue weighted by Gasteiger charge is -2.26. The number of hydrogen-bond donors (Lipinski definition) is 0. The summed E-state index contributed by atoms with van der Waals surface area (Å²) in [4.78, 5) is 29.2. The van der Waals surface area contributed by atoms with Crippen molar-refractivity contribution >= 4 is 38.5 Å². The summed E-state index contributed by atoms with van der Waals surface area (Å²) in [6.07, 6.45) is 0.919. The predicted molar refractivity (Wildman–Crippen MR) is 148 cm³/mol. The molecule has 3 aromatic carbocycles. The number of rotatable bonds is 8. The topological polar surface area (TPSA) is 69.0 Å². The summed E-state index contributed by atoms with van der Waals surface area (Å²) >= 11 is 3.51. The van der Waals surface area contributed by atoms with Crippen LogP contribution in [-0.2, 0) is 0 Å². The minimum Gasteiger partial charge on any atom is -0.490 e. The van der Waals surface area contributed by atoms with Crippen LogP contribution in [0.2, 0.25) is 0 Å². The summed E-state index contributed by atoms with van der Waals surface area (Å²) in [5.74, 6) is 1.42. The number of amides is 1. The number of carbonyl (C=O) groups is 1. The van der Waals surface area contributed by atoms with Gasteiger partial charge in [0.25, 0.3) is 5.91 Å².